The number of aromatic nitrogens is 1. The Balaban J connectivity index is 2.09. The van der Waals surface area contributed by atoms with Gasteiger partial charge in [0.25, 0.3) is 0 Å². The summed E-state index contributed by atoms with van der Waals surface area (Å²) in [5, 5.41) is 5.52. The first-order valence-corrected chi connectivity index (χ1v) is 6.41. The Bertz CT molecular complexity index is 435. The van der Waals surface area contributed by atoms with E-state index in [9.17, 15) is 0 Å². The summed E-state index contributed by atoms with van der Waals surface area (Å²) in [6.07, 6.45) is 0. The maximum atomic E-state index is 4.26. The van der Waals surface area contributed by atoms with E-state index >= 15 is 0 Å². The molecule has 2 aromatic rings. The zero-order valence-corrected chi connectivity index (χ0v) is 10.4. The highest BCUT2D eigenvalue weighted by Crippen LogP contribution is 2.24. The average Bonchev–Trinajstić information content (AvgIpc) is 2.79. The first-order valence-electron chi connectivity index (χ1n) is 5.47. The Labute approximate surface area is 100 Å². The number of nitrogens with zero attached hydrogens (tertiary/aromatic N) is 1. The van der Waals surface area contributed by atoms with Crippen LogP contribution in [-0.2, 0) is 6.54 Å². The third kappa shape index (κ3) is 2.61. The van der Waals surface area contributed by atoms with Gasteiger partial charge in [-0.1, -0.05) is 32.0 Å². The van der Waals surface area contributed by atoms with E-state index in [2.05, 4.69) is 53.8 Å². The topological polar surface area (TPSA) is 24.9 Å². The van der Waals surface area contributed by atoms with E-state index in [0.717, 1.165) is 12.2 Å². The van der Waals surface area contributed by atoms with Crippen LogP contribution in [0.3, 0.4) is 0 Å². The predicted molar refractivity (Wildman–Crippen MR) is 70.0 cm³/mol. The van der Waals surface area contributed by atoms with Crippen LogP contribution in [0, 0.1) is 0 Å². The number of hydrogen-bond donors (Lipinski definition) is 1. The van der Waals surface area contributed by atoms with Crippen LogP contribution in [-0.4, -0.2) is 4.98 Å². The highest BCUT2D eigenvalue weighted by atomic mass is 32.1. The molecule has 1 N–H and O–H groups in total. The lowest BCUT2D eigenvalue weighted by Crippen LogP contribution is -2.03. The molecule has 0 aliphatic carbocycles. The van der Waals surface area contributed by atoms with Crippen LogP contribution in [0.15, 0.2) is 35.2 Å². The number of benzene rings is 1. The molecule has 0 saturated heterocycles. The lowest BCUT2D eigenvalue weighted by molar-refractivity contribution is 0.864. The van der Waals surface area contributed by atoms with E-state index in [1.807, 2.05) is 5.51 Å². The van der Waals surface area contributed by atoms with E-state index in [0.29, 0.717) is 5.92 Å². The summed E-state index contributed by atoms with van der Waals surface area (Å²) in [7, 11) is 0. The fourth-order valence-electron chi connectivity index (χ4n) is 1.67. The lowest BCUT2D eigenvalue weighted by Gasteiger charge is -2.13. The van der Waals surface area contributed by atoms with Gasteiger partial charge in [0.15, 0.2) is 0 Å². The molecule has 0 radical (unpaired) electrons. The van der Waals surface area contributed by atoms with Gasteiger partial charge in [-0.05, 0) is 17.5 Å². The molecule has 0 aliphatic heterocycles. The molecular weight excluding hydrogens is 216 g/mol. The van der Waals surface area contributed by atoms with Gasteiger partial charge in [0.05, 0.1) is 17.7 Å². The van der Waals surface area contributed by atoms with E-state index in [1.165, 1.54) is 11.3 Å². The van der Waals surface area contributed by atoms with E-state index in [4.69, 9.17) is 0 Å². The van der Waals surface area contributed by atoms with Gasteiger partial charge in [0, 0.05) is 11.1 Å². The van der Waals surface area contributed by atoms with Crippen molar-refractivity contribution in [1.29, 1.82) is 0 Å². The third-order valence-corrected chi connectivity index (χ3v) is 3.16. The van der Waals surface area contributed by atoms with Crippen LogP contribution < -0.4 is 5.32 Å². The second-order valence-electron chi connectivity index (χ2n) is 4.08. The molecular formula is C13H16N2S. The van der Waals surface area contributed by atoms with Crippen LogP contribution in [0.1, 0.15) is 31.0 Å². The van der Waals surface area contributed by atoms with Crippen molar-refractivity contribution >= 4 is 17.0 Å². The van der Waals surface area contributed by atoms with Crippen molar-refractivity contribution in [2.24, 2.45) is 0 Å². The van der Waals surface area contributed by atoms with Crippen molar-refractivity contribution in [3.63, 3.8) is 0 Å². The molecule has 2 nitrogen and oxygen atoms in total. The van der Waals surface area contributed by atoms with Gasteiger partial charge < -0.3 is 5.32 Å². The minimum absolute atomic E-state index is 0.541. The summed E-state index contributed by atoms with van der Waals surface area (Å²) >= 11 is 1.63. The Morgan fingerprint density at radius 2 is 2.12 bits per heavy atom. The van der Waals surface area contributed by atoms with Crippen molar-refractivity contribution in [3.05, 3.63) is 46.4 Å². The number of para-hydroxylation sites is 1. The van der Waals surface area contributed by atoms with Gasteiger partial charge in [0.1, 0.15) is 0 Å². The number of rotatable bonds is 4. The Kier molecular flexibility index (Phi) is 3.57. The SMILES string of the molecule is CC(C)c1ccccc1NCc1cscn1. The Morgan fingerprint density at radius 3 is 2.81 bits per heavy atom. The smallest absolute Gasteiger partial charge is 0.0795 e. The lowest BCUT2D eigenvalue weighted by atomic mass is 10.0. The summed E-state index contributed by atoms with van der Waals surface area (Å²) in [5.74, 6) is 0.541. The Hall–Kier alpha value is -1.35. The maximum absolute atomic E-state index is 4.26. The molecule has 0 spiro atoms. The molecule has 0 unspecified atom stereocenters. The first kappa shape index (κ1) is 11.1. The molecule has 1 aromatic carbocycles. The highest BCUT2D eigenvalue weighted by Gasteiger charge is 2.05. The highest BCUT2D eigenvalue weighted by molar-refractivity contribution is 7.07. The summed E-state index contributed by atoms with van der Waals surface area (Å²) < 4.78 is 0. The normalized spacial score (nSPS) is 10.7. The van der Waals surface area contributed by atoms with Crippen molar-refractivity contribution in [2.45, 2.75) is 26.3 Å². The summed E-state index contributed by atoms with van der Waals surface area (Å²) in [6, 6.07) is 8.45. The number of anilines is 1. The van der Waals surface area contributed by atoms with E-state index in [1.54, 1.807) is 11.3 Å². The van der Waals surface area contributed by atoms with Crippen LogP contribution in [0.25, 0.3) is 0 Å². The zero-order chi connectivity index (χ0) is 11.4. The van der Waals surface area contributed by atoms with Gasteiger partial charge >= 0.3 is 0 Å². The number of thiazole rings is 1. The second-order valence-corrected chi connectivity index (χ2v) is 4.79. The molecule has 84 valence electrons. The first-order chi connectivity index (χ1) is 7.77. The standard InChI is InChI=1S/C13H16N2S/c1-10(2)12-5-3-4-6-13(12)14-7-11-8-16-9-15-11/h3-6,8-10,14H,7H2,1-2H3. The van der Waals surface area contributed by atoms with Gasteiger partial charge in [-0.15, -0.1) is 11.3 Å². The van der Waals surface area contributed by atoms with Gasteiger partial charge in [-0.3, -0.25) is 0 Å². The molecule has 0 atom stereocenters. The van der Waals surface area contributed by atoms with Crippen LogP contribution >= 0.6 is 11.3 Å². The zero-order valence-electron chi connectivity index (χ0n) is 9.60. The Morgan fingerprint density at radius 1 is 1.31 bits per heavy atom. The molecule has 3 heteroatoms. The van der Waals surface area contributed by atoms with E-state index < -0.39 is 0 Å². The molecule has 0 saturated carbocycles. The molecule has 1 heterocycles. The molecule has 2 rings (SSSR count). The third-order valence-electron chi connectivity index (χ3n) is 2.53. The van der Waals surface area contributed by atoms with Gasteiger partial charge in [0.2, 0.25) is 0 Å². The fourth-order valence-corrected chi connectivity index (χ4v) is 2.23. The molecule has 1 aromatic heterocycles. The summed E-state index contributed by atoms with van der Waals surface area (Å²) in [6.45, 7) is 5.22. The summed E-state index contributed by atoms with van der Waals surface area (Å²) in [5.41, 5.74) is 5.54. The van der Waals surface area contributed by atoms with Crippen LogP contribution in [0.4, 0.5) is 5.69 Å². The van der Waals surface area contributed by atoms with Crippen LogP contribution in [0.5, 0.6) is 0 Å². The monoisotopic (exact) mass is 232 g/mol. The minimum Gasteiger partial charge on any atom is -0.379 e. The van der Waals surface area contributed by atoms with Gasteiger partial charge in [-0.25, -0.2) is 4.98 Å². The largest absolute Gasteiger partial charge is 0.379 e. The minimum atomic E-state index is 0.541. The molecule has 0 bridgehead atoms. The predicted octanol–water partition coefficient (Wildman–Crippen LogP) is 3.88. The van der Waals surface area contributed by atoms with Crippen molar-refractivity contribution in [3.8, 4) is 0 Å². The van der Waals surface area contributed by atoms with E-state index in [-0.39, 0.29) is 0 Å². The van der Waals surface area contributed by atoms with Crippen molar-refractivity contribution in [1.82, 2.24) is 4.98 Å². The average molecular weight is 232 g/mol. The maximum Gasteiger partial charge on any atom is 0.0795 e. The number of hydrogen-bond acceptors (Lipinski definition) is 3. The molecule has 0 amide bonds. The molecule has 0 aliphatic rings. The van der Waals surface area contributed by atoms with Crippen molar-refractivity contribution in [2.75, 3.05) is 5.32 Å². The van der Waals surface area contributed by atoms with Gasteiger partial charge in [-0.2, -0.15) is 0 Å². The molecule has 0 fully saturated rings. The van der Waals surface area contributed by atoms with Crippen LogP contribution in [0.2, 0.25) is 0 Å². The summed E-state index contributed by atoms with van der Waals surface area (Å²) in [4.78, 5) is 4.26. The number of nitrogens with one attached hydrogen (secondary N) is 1. The molecule has 16 heavy (non-hydrogen) atoms. The fraction of sp³-hybridized carbons (Fsp3) is 0.308. The quantitative estimate of drug-likeness (QED) is 0.865. The van der Waals surface area contributed by atoms with Crippen molar-refractivity contribution < 1.29 is 0 Å². The second kappa shape index (κ2) is 5.12.